The van der Waals surface area contributed by atoms with Crippen LogP contribution in [0.15, 0.2) is 57.2 Å². The predicted molar refractivity (Wildman–Crippen MR) is 118 cm³/mol. The molecule has 2 N–H and O–H groups in total. The van der Waals surface area contributed by atoms with Gasteiger partial charge in [-0.1, -0.05) is 17.7 Å². The van der Waals surface area contributed by atoms with Crippen LogP contribution in [0.3, 0.4) is 0 Å². The summed E-state index contributed by atoms with van der Waals surface area (Å²) in [6.07, 6.45) is 0.134. The van der Waals surface area contributed by atoms with E-state index in [1.165, 1.54) is 24.1 Å². The van der Waals surface area contributed by atoms with Crippen LogP contribution < -0.4 is 20.7 Å². The third kappa shape index (κ3) is 3.54. The van der Waals surface area contributed by atoms with Gasteiger partial charge in [-0.3, -0.25) is 14.6 Å². The molecule has 5 rings (SSSR count). The van der Waals surface area contributed by atoms with Crippen molar-refractivity contribution in [2.24, 2.45) is 5.10 Å². The number of aromatic hydroxyl groups is 1. The molecule has 168 valence electrons. The number of aromatic nitrogens is 2. The van der Waals surface area contributed by atoms with Gasteiger partial charge >= 0.3 is 5.69 Å². The van der Waals surface area contributed by atoms with Gasteiger partial charge in [0.15, 0.2) is 11.5 Å². The van der Waals surface area contributed by atoms with E-state index in [0.29, 0.717) is 22.2 Å². The molecule has 2 aliphatic heterocycles. The highest BCUT2D eigenvalue weighted by Crippen LogP contribution is 2.39. The van der Waals surface area contributed by atoms with E-state index in [4.69, 9.17) is 21.1 Å². The van der Waals surface area contributed by atoms with E-state index in [1.54, 1.807) is 30.3 Å². The Morgan fingerprint density at radius 3 is 2.61 bits per heavy atom. The van der Waals surface area contributed by atoms with Crippen LogP contribution in [0.2, 0.25) is 5.02 Å². The second-order valence-electron chi connectivity index (χ2n) is 7.51. The summed E-state index contributed by atoms with van der Waals surface area (Å²) in [5.41, 5.74) is -0.647. The summed E-state index contributed by atoms with van der Waals surface area (Å²) in [6.45, 7) is 1.46. The summed E-state index contributed by atoms with van der Waals surface area (Å²) in [5, 5.41) is 16.9. The van der Waals surface area contributed by atoms with Crippen molar-refractivity contribution < 1.29 is 19.4 Å². The molecule has 2 aromatic carbocycles. The summed E-state index contributed by atoms with van der Waals surface area (Å²) in [6, 6.07) is 10.9. The van der Waals surface area contributed by atoms with Gasteiger partial charge in [0, 0.05) is 18.4 Å². The SMILES string of the molecule is CC(=O)N1N=C(c2c(O)n(-c3ccc(Cl)cc3)c(=O)[nH]c2=O)C[C@H]1c1ccc2c(c1)OCO2. The fourth-order valence-electron chi connectivity index (χ4n) is 3.95. The highest BCUT2D eigenvalue weighted by atomic mass is 35.5. The number of amides is 1. The fourth-order valence-corrected chi connectivity index (χ4v) is 4.07. The molecule has 0 fully saturated rings. The third-order valence-corrected chi connectivity index (χ3v) is 5.73. The third-order valence-electron chi connectivity index (χ3n) is 5.47. The van der Waals surface area contributed by atoms with Crippen molar-refractivity contribution >= 4 is 23.2 Å². The first kappa shape index (κ1) is 20.8. The Morgan fingerprint density at radius 2 is 1.88 bits per heavy atom. The zero-order chi connectivity index (χ0) is 23.3. The zero-order valence-electron chi connectivity index (χ0n) is 17.2. The quantitative estimate of drug-likeness (QED) is 0.607. The fraction of sp³-hybridized carbons (Fsp3) is 0.182. The predicted octanol–water partition coefficient (Wildman–Crippen LogP) is 2.31. The van der Waals surface area contributed by atoms with Crippen molar-refractivity contribution in [2.45, 2.75) is 19.4 Å². The maximum absolute atomic E-state index is 12.7. The van der Waals surface area contributed by atoms with Crippen molar-refractivity contribution in [3.05, 3.63) is 79.5 Å². The topological polar surface area (TPSA) is 126 Å². The van der Waals surface area contributed by atoms with Crippen LogP contribution in [0, 0.1) is 0 Å². The summed E-state index contributed by atoms with van der Waals surface area (Å²) >= 11 is 5.91. The number of benzene rings is 2. The molecule has 1 aromatic heterocycles. The molecule has 3 aromatic rings. The minimum absolute atomic E-state index is 0.108. The standard InChI is InChI=1S/C22H17ClN4O6/c1-11(28)27-16(12-2-7-17-18(8-12)33-10-32-17)9-15(25-27)19-20(29)24-22(31)26(21(19)30)14-5-3-13(23)4-6-14/h2-8,16,30H,9-10H2,1H3,(H,24,29,31)/t16-/m0/s1. The first-order chi connectivity index (χ1) is 15.8. The Balaban J connectivity index is 1.59. The highest BCUT2D eigenvalue weighted by molar-refractivity contribution is 6.30. The molecule has 0 bridgehead atoms. The second kappa shape index (κ2) is 7.82. The van der Waals surface area contributed by atoms with Gasteiger partial charge in [-0.25, -0.2) is 14.4 Å². The van der Waals surface area contributed by atoms with E-state index in [0.717, 1.165) is 10.1 Å². The molecule has 1 amide bonds. The van der Waals surface area contributed by atoms with Crippen LogP contribution in [-0.4, -0.2) is 38.1 Å². The Bertz CT molecular complexity index is 1430. The Labute approximate surface area is 191 Å². The summed E-state index contributed by atoms with van der Waals surface area (Å²) < 4.78 is 11.7. The number of nitrogens with one attached hydrogen (secondary N) is 1. The lowest BCUT2D eigenvalue weighted by atomic mass is 9.98. The molecule has 0 spiro atoms. The molecule has 0 saturated carbocycles. The van der Waals surface area contributed by atoms with Gasteiger partial charge in [-0.15, -0.1) is 0 Å². The Kier molecular flexibility index (Phi) is 4.94. The van der Waals surface area contributed by atoms with Crippen molar-refractivity contribution in [2.75, 3.05) is 6.79 Å². The molecule has 0 aliphatic carbocycles. The maximum Gasteiger partial charge on any atom is 0.335 e. The number of ether oxygens (including phenoxy) is 2. The van der Waals surface area contributed by atoms with Crippen LogP contribution in [0.25, 0.3) is 5.69 Å². The molecule has 33 heavy (non-hydrogen) atoms. The van der Waals surface area contributed by atoms with E-state index in [-0.39, 0.29) is 30.4 Å². The molecule has 11 heteroatoms. The average molecular weight is 469 g/mol. The van der Waals surface area contributed by atoms with E-state index < -0.39 is 23.2 Å². The van der Waals surface area contributed by atoms with E-state index in [2.05, 4.69) is 10.1 Å². The van der Waals surface area contributed by atoms with Gasteiger partial charge in [-0.2, -0.15) is 5.10 Å². The molecule has 0 saturated heterocycles. The molecular formula is C22H17ClN4O6. The number of halogens is 1. The van der Waals surface area contributed by atoms with Gasteiger partial charge in [0.1, 0.15) is 5.56 Å². The molecule has 0 unspecified atom stereocenters. The lowest BCUT2D eigenvalue weighted by Crippen LogP contribution is -2.33. The number of carbonyl (C=O) groups excluding carboxylic acids is 1. The Hall–Kier alpha value is -4.05. The monoisotopic (exact) mass is 468 g/mol. The largest absolute Gasteiger partial charge is 0.493 e. The van der Waals surface area contributed by atoms with Crippen LogP contribution in [-0.2, 0) is 4.79 Å². The minimum atomic E-state index is -0.821. The Morgan fingerprint density at radius 1 is 1.15 bits per heavy atom. The van der Waals surface area contributed by atoms with E-state index in [1.807, 2.05) is 0 Å². The van der Waals surface area contributed by atoms with Gasteiger partial charge < -0.3 is 14.6 Å². The smallest absolute Gasteiger partial charge is 0.335 e. The second-order valence-corrected chi connectivity index (χ2v) is 7.95. The number of carbonyl (C=O) groups is 1. The molecule has 0 radical (unpaired) electrons. The summed E-state index contributed by atoms with van der Waals surface area (Å²) in [5.74, 6) is 0.201. The molecule has 1 atom stereocenters. The van der Waals surface area contributed by atoms with Crippen LogP contribution in [0.4, 0.5) is 0 Å². The lowest BCUT2D eigenvalue weighted by Gasteiger charge is -2.20. The maximum atomic E-state index is 12.7. The van der Waals surface area contributed by atoms with Crippen molar-refractivity contribution in [1.29, 1.82) is 0 Å². The molecule has 3 heterocycles. The zero-order valence-corrected chi connectivity index (χ0v) is 18.0. The van der Waals surface area contributed by atoms with Gasteiger partial charge in [0.25, 0.3) is 5.56 Å². The first-order valence-electron chi connectivity index (χ1n) is 9.95. The number of hydrogen-bond donors (Lipinski definition) is 2. The average Bonchev–Trinajstić information content (AvgIpc) is 3.41. The molecule has 2 aliphatic rings. The minimum Gasteiger partial charge on any atom is -0.493 e. The molecule has 10 nitrogen and oxygen atoms in total. The number of rotatable bonds is 3. The number of hydrazone groups is 1. The normalized spacial score (nSPS) is 16.7. The number of hydrogen-bond acceptors (Lipinski definition) is 7. The van der Waals surface area contributed by atoms with Crippen molar-refractivity contribution in [1.82, 2.24) is 14.6 Å². The van der Waals surface area contributed by atoms with E-state index >= 15 is 0 Å². The lowest BCUT2D eigenvalue weighted by molar-refractivity contribution is -0.130. The first-order valence-corrected chi connectivity index (χ1v) is 10.3. The number of fused-ring (bicyclic) bond motifs is 1. The van der Waals surface area contributed by atoms with Crippen LogP contribution in [0.1, 0.15) is 30.5 Å². The van der Waals surface area contributed by atoms with Crippen molar-refractivity contribution in [3.63, 3.8) is 0 Å². The van der Waals surface area contributed by atoms with E-state index in [9.17, 15) is 19.5 Å². The molecular weight excluding hydrogens is 452 g/mol. The number of nitrogens with zero attached hydrogens (tertiary/aromatic N) is 3. The number of aromatic amines is 1. The van der Waals surface area contributed by atoms with Gasteiger partial charge in [-0.05, 0) is 42.0 Å². The van der Waals surface area contributed by atoms with Crippen LogP contribution in [0.5, 0.6) is 17.4 Å². The van der Waals surface area contributed by atoms with Gasteiger partial charge in [0.05, 0.1) is 17.4 Å². The summed E-state index contributed by atoms with van der Waals surface area (Å²) in [4.78, 5) is 39.7. The summed E-state index contributed by atoms with van der Waals surface area (Å²) in [7, 11) is 0. The highest BCUT2D eigenvalue weighted by Gasteiger charge is 2.35. The van der Waals surface area contributed by atoms with Gasteiger partial charge in [0.2, 0.25) is 18.6 Å². The van der Waals surface area contributed by atoms with Crippen LogP contribution >= 0.6 is 11.6 Å². The van der Waals surface area contributed by atoms with Crippen molar-refractivity contribution in [3.8, 4) is 23.1 Å². The number of H-pyrrole nitrogens is 1.